The van der Waals surface area contributed by atoms with Crippen LogP contribution in [0.15, 0.2) is 96.2 Å². The maximum atomic E-state index is 12.8. The van der Waals surface area contributed by atoms with Crippen LogP contribution >= 0.6 is 11.8 Å². The molecule has 1 atom stereocenters. The van der Waals surface area contributed by atoms with Crippen molar-refractivity contribution in [2.75, 3.05) is 0 Å². The topological polar surface area (TPSA) is 46.9 Å². The predicted octanol–water partition coefficient (Wildman–Crippen LogP) is 4.93. The Bertz CT molecular complexity index is 1160. The first-order valence-electron chi connectivity index (χ1n) is 10.4. The number of thioether (sulfide) groups is 1. The van der Waals surface area contributed by atoms with E-state index in [0.29, 0.717) is 6.54 Å². The molecule has 1 amide bonds. The number of carbonyl (C=O) groups excluding carboxylic acids is 1. The maximum Gasteiger partial charge on any atom is 0.234 e. The van der Waals surface area contributed by atoms with E-state index in [0.717, 1.165) is 29.7 Å². The number of nitrogens with zero attached hydrogens (tertiary/aromatic N) is 2. The number of hydrogen-bond donors (Lipinski definition) is 1. The summed E-state index contributed by atoms with van der Waals surface area (Å²) in [7, 11) is 0. The van der Waals surface area contributed by atoms with Crippen molar-refractivity contribution < 1.29 is 4.79 Å². The highest BCUT2D eigenvalue weighted by atomic mass is 32.2. The Morgan fingerprint density at radius 1 is 1.00 bits per heavy atom. The molecular formula is C26H23N3OS. The Morgan fingerprint density at radius 2 is 1.81 bits per heavy atom. The molecule has 2 heterocycles. The molecule has 0 radical (unpaired) electrons. The maximum absolute atomic E-state index is 12.8. The van der Waals surface area contributed by atoms with Gasteiger partial charge in [0.1, 0.15) is 0 Å². The normalized spacial score (nSPS) is 14.9. The van der Waals surface area contributed by atoms with Gasteiger partial charge in [0.2, 0.25) is 5.91 Å². The Balaban J connectivity index is 1.26. The Morgan fingerprint density at radius 3 is 2.61 bits per heavy atom. The lowest BCUT2D eigenvalue weighted by molar-refractivity contribution is -0.120. The largest absolute Gasteiger partial charge is 0.351 e. The summed E-state index contributed by atoms with van der Waals surface area (Å²) in [6.07, 6.45) is 4.56. The van der Waals surface area contributed by atoms with Crippen LogP contribution in [0.2, 0.25) is 0 Å². The number of nitrogens with one attached hydrogen (secondary N) is 1. The summed E-state index contributed by atoms with van der Waals surface area (Å²) in [5.41, 5.74) is 5.89. The molecule has 1 unspecified atom stereocenters. The summed E-state index contributed by atoms with van der Waals surface area (Å²) in [6.45, 7) is 1.28. The van der Waals surface area contributed by atoms with Crippen LogP contribution in [-0.4, -0.2) is 20.9 Å². The van der Waals surface area contributed by atoms with Gasteiger partial charge in [0, 0.05) is 23.8 Å². The van der Waals surface area contributed by atoms with Gasteiger partial charge < -0.3 is 5.32 Å². The van der Waals surface area contributed by atoms with Gasteiger partial charge in [0.05, 0.1) is 11.8 Å². The molecule has 1 aliphatic heterocycles. The van der Waals surface area contributed by atoms with E-state index < -0.39 is 0 Å². The van der Waals surface area contributed by atoms with Crippen molar-refractivity contribution >= 4 is 17.7 Å². The Hall–Kier alpha value is -3.31. The van der Waals surface area contributed by atoms with E-state index in [1.807, 2.05) is 41.2 Å². The lowest BCUT2D eigenvalue weighted by Gasteiger charge is -2.14. The molecule has 154 valence electrons. The zero-order valence-electron chi connectivity index (χ0n) is 17.1. The van der Waals surface area contributed by atoms with Crippen molar-refractivity contribution in [3.63, 3.8) is 0 Å². The number of hydrogen-bond acceptors (Lipinski definition) is 3. The van der Waals surface area contributed by atoms with E-state index in [1.54, 1.807) is 18.0 Å². The zero-order chi connectivity index (χ0) is 21.0. The fraction of sp³-hybridized carbons (Fsp3) is 0.154. The third-order valence-electron chi connectivity index (χ3n) is 5.58. The van der Waals surface area contributed by atoms with E-state index in [9.17, 15) is 4.79 Å². The minimum atomic E-state index is -0.0499. The number of fused-ring (bicyclic) bond motifs is 1. The first kappa shape index (κ1) is 19.6. The predicted molar refractivity (Wildman–Crippen MR) is 125 cm³/mol. The van der Waals surface area contributed by atoms with Crippen LogP contribution in [0.4, 0.5) is 0 Å². The van der Waals surface area contributed by atoms with Gasteiger partial charge >= 0.3 is 0 Å². The quantitative estimate of drug-likeness (QED) is 0.476. The third-order valence-corrected chi connectivity index (χ3v) is 6.90. The second kappa shape index (κ2) is 8.82. The molecule has 1 aliphatic rings. The van der Waals surface area contributed by atoms with Crippen molar-refractivity contribution in [3.8, 4) is 11.1 Å². The van der Waals surface area contributed by atoms with Gasteiger partial charge in [-0.3, -0.25) is 9.48 Å². The highest BCUT2D eigenvalue weighted by Gasteiger charge is 2.27. The number of amides is 1. The number of aromatic nitrogens is 2. The summed E-state index contributed by atoms with van der Waals surface area (Å²) in [6, 6.07) is 27.0. The number of carbonyl (C=O) groups is 1. The number of rotatable bonds is 6. The van der Waals surface area contributed by atoms with E-state index in [4.69, 9.17) is 0 Å². The third kappa shape index (κ3) is 4.42. The summed E-state index contributed by atoms with van der Waals surface area (Å²) in [5, 5.41) is 7.37. The van der Waals surface area contributed by atoms with Crippen LogP contribution in [-0.2, 0) is 24.3 Å². The fourth-order valence-electron chi connectivity index (χ4n) is 3.95. The second-order valence-corrected chi connectivity index (χ2v) is 8.94. The van der Waals surface area contributed by atoms with Crippen molar-refractivity contribution in [2.45, 2.75) is 29.7 Å². The number of benzene rings is 3. The molecule has 31 heavy (non-hydrogen) atoms. The van der Waals surface area contributed by atoms with Crippen LogP contribution in [0.1, 0.15) is 16.7 Å². The molecule has 5 rings (SSSR count). The van der Waals surface area contributed by atoms with Gasteiger partial charge in [-0.15, -0.1) is 11.8 Å². The lowest BCUT2D eigenvalue weighted by Crippen LogP contribution is -2.32. The summed E-state index contributed by atoms with van der Waals surface area (Å²) in [5.74, 6) is 0.102. The monoisotopic (exact) mass is 425 g/mol. The first-order valence-corrected chi connectivity index (χ1v) is 11.3. The lowest BCUT2D eigenvalue weighted by atomic mass is 9.98. The summed E-state index contributed by atoms with van der Waals surface area (Å²) in [4.78, 5) is 14.0. The molecule has 0 fully saturated rings. The van der Waals surface area contributed by atoms with Crippen molar-refractivity contribution in [1.29, 1.82) is 0 Å². The highest BCUT2D eigenvalue weighted by molar-refractivity contribution is 8.01. The van der Waals surface area contributed by atoms with Crippen molar-refractivity contribution in [1.82, 2.24) is 15.1 Å². The van der Waals surface area contributed by atoms with Gasteiger partial charge in [-0.1, -0.05) is 66.7 Å². The van der Waals surface area contributed by atoms with E-state index in [1.165, 1.54) is 16.0 Å². The van der Waals surface area contributed by atoms with Crippen LogP contribution in [0.3, 0.4) is 0 Å². The molecule has 0 saturated carbocycles. The van der Waals surface area contributed by atoms with Crippen LogP contribution in [0.25, 0.3) is 11.1 Å². The Labute approximate surface area is 186 Å². The molecule has 1 aromatic heterocycles. The Kier molecular flexibility index (Phi) is 5.59. The molecule has 0 aliphatic carbocycles. The molecule has 4 aromatic rings. The molecule has 0 spiro atoms. The van der Waals surface area contributed by atoms with Crippen LogP contribution < -0.4 is 5.32 Å². The molecule has 3 aromatic carbocycles. The minimum absolute atomic E-state index is 0.0499. The van der Waals surface area contributed by atoms with Gasteiger partial charge in [-0.05, 0) is 46.4 Å². The molecule has 0 bridgehead atoms. The SMILES string of the molecule is O=C(NCc1ccccc1-c1ccc(Cn2cccn2)cc1)C1Cc2ccccc2S1. The second-order valence-electron chi connectivity index (χ2n) is 7.69. The standard InChI is InChI=1S/C26H23N3OS/c30-26(25-16-21-6-2-4-9-24(21)31-25)27-17-22-7-1-3-8-23(22)20-12-10-19(11-13-20)18-29-15-5-14-28-29/h1-15,25H,16-18H2,(H,27,30). The average molecular weight is 426 g/mol. The summed E-state index contributed by atoms with van der Waals surface area (Å²) < 4.78 is 1.91. The van der Waals surface area contributed by atoms with Crippen molar-refractivity contribution in [3.05, 3.63) is 108 Å². The molecule has 5 heteroatoms. The molecule has 4 nitrogen and oxygen atoms in total. The van der Waals surface area contributed by atoms with Gasteiger partial charge in [0.25, 0.3) is 0 Å². The van der Waals surface area contributed by atoms with E-state index >= 15 is 0 Å². The van der Waals surface area contributed by atoms with Gasteiger partial charge in [-0.25, -0.2) is 0 Å². The first-order chi connectivity index (χ1) is 15.3. The smallest absolute Gasteiger partial charge is 0.234 e. The zero-order valence-corrected chi connectivity index (χ0v) is 17.9. The molecule has 1 N–H and O–H groups in total. The van der Waals surface area contributed by atoms with E-state index in [2.05, 4.69) is 58.9 Å². The van der Waals surface area contributed by atoms with Gasteiger partial charge in [0.15, 0.2) is 0 Å². The highest BCUT2D eigenvalue weighted by Crippen LogP contribution is 2.36. The molecule has 0 saturated heterocycles. The van der Waals surface area contributed by atoms with Crippen LogP contribution in [0, 0.1) is 0 Å². The average Bonchev–Trinajstić information content (AvgIpc) is 3.48. The van der Waals surface area contributed by atoms with Crippen LogP contribution in [0.5, 0.6) is 0 Å². The van der Waals surface area contributed by atoms with Gasteiger partial charge in [-0.2, -0.15) is 5.10 Å². The summed E-state index contributed by atoms with van der Waals surface area (Å²) >= 11 is 1.66. The fourth-order valence-corrected chi connectivity index (χ4v) is 5.17. The van der Waals surface area contributed by atoms with Crippen molar-refractivity contribution in [2.24, 2.45) is 0 Å². The molecular weight excluding hydrogens is 402 g/mol. The minimum Gasteiger partial charge on any atom is -0.351 e. The van der Waals surface area contributed by atoms with E-state index in [-0.39, 0.29) is 11.2 Å².